The van der Waals surface area contributed by atoms with Gasteiger partial charge in [-0.3, -0.25) is 4.79 Å². The number of hydrogen-bond acceptors (Lipinski definition) is 4. The lowest BCUT2D eigenvalue weighted by Gasteiger charge is -2.07. The molecule has 0 unspecified atom stereocenters. The van der Waals surface area contributed by atoms with E-state index in [9.17, 15) is 4.79 Å². The number of amides is 1. The van der Waals surface area contributed by atoms with Gasteiger partial charge in [-0.1, -0.05) is 15.9 Å². The number of fused-ring (bicyclic) bond motifs is 1. The molecule has 4 nitrogen and oxygen atoms in total. The van der Waals surface area contributed by atoms with Crippen LogP contribution in [0.4, 0.5) is 5.69 Å². The molecule has 1 N–H and O–H groups in total. The number of carbonyl (C=O) groups is 1. The van der Waals surface area contributed by atoms with Crippen LogP contribution in [0, 0.1) is 0 Å². The number of carbonyl (C=O) groups excluding carboxylic acids is 1. The normalized spacial score (nSPS) is 12.3. The maximum absolute atomic E-state index is 11.0. The predicted octanol–water partition coefficient (Wildman–Crippen LogP) is 4.43. The summed E-state index contributed by atoms with van der Waals surface area (Å²) in [7, 11) is 0. The first kappa shape index (κ1) is 15.2. The average Bonchev–Trinajstić information content (AvgIpc) is 2.92. The molecule has 0 radical (unpaired) electrons. The summed E-state index contributed by atoms with van der Waals surface area (Å²) >= 11 is 5.29. The van der Waals surface area contributed by atoms with E-state index >= 15 is 0 Å². The molecular weight excluding hydrogens is 366 g/mol. The van der Waals surface area contributed by atoms with E-state index in [1.54, 1.807) is 11.8 Å². The zero-order valence-corrected chi connectivity index (χ0v) is 14.3. The quantitative estimate of drug-likeness (QED) is 0.798. The molecule has 6 heteroatoms. The van der Waals surface area contributed by atoms with E-state index in [0.717, 1.165) is 37.9 Å². The summed E-state index contributed by atoms with van der Waals surface area (Å²) in [5.41, 5.74) is 1.96. The molecule has 0 aromatic heterocycles. The van der Waals surface area contributed by atoms with Crippen LogP contribution in [0.15, 0.2) is 45.8 Å². The van der Waals surface area contributed by atoms with E-state index in [1.165, 1.54) is 6.92 Å². The van der Waals surface area contributed by atoms with Crippen molar-refractivity contribution < 1.29 is 14.3 Å². The van der Waals surface area contributed by atoms with Gasteiger partial charge in [0.2, 0.25) is 12.7 Å². The molecule has 3 rings (SSSR count). The highest BCUT2D eigenvalue weighted by molar-refractivity contribution is 9.10. The molecule has 0 saturated heterocycles. The number of halogens is 1. The zero-order valence-electron chi connectivity index (χ0n) is 11.9. The van der Waals surface area contributed by atoms with Crippen LogP contribution in [-0.2, 0) is 10.5 Å². The SMILES string of the molecule is CC(=O)Nc1ccc(SCc2cc3c(cc2Br)OCO3)cc1. The van der Waals surface area contributed by atoms with Crippen molar-refractivity contribution in [2.24, 2.45) is 0 Å². The Morgan fingerprint density at radius 2 is 1.91 bits per heavy atom. The Kier molecular flexibility index (Phi) is 4.59. The summed E-state index contributed by atoms with van der Waals surface area (Å²) in [6.07, 6.45) is 0. The fourth-order valence-electron chi connectivity index (χ4n) is 2.07. The summed E-state index contributed by atoms with van der Waals surface area (Å²) in [5, 5.41) is 2.76. The summed E-state index contributed by atoms with van der Waals surface area (Å²) in [4.78, 5) is 12.1. The maximum atomic E-state index is 11.0. The second kappa shape index (κ2) is 6.62. The van der Waals surface area contributed by atoms with Crippen molar-refractivity contribution in [3.63, 3.8) is 0 Å². The fraction of sp³-hybridized carbons (Fsp3) is 0.188. The van der Waals surface area contributed by atoms with Gasteiger partial charge in [-0.2, -0.15) is 0 Å². The topological polar surface area (TPSA) is 47.6 Å². The molecule has 2 aromatic rings. The number of anilines is 1. The van der Waals surface area contributed by atoms with Crippen molar-refractivity contribution in [1.82, 2.24) is 0 Å². The Balaban J connectivity index is 1.66. The highest BCUT2D eigenvalue weighted by atomic mass is 79.9. The number of benzene rings is 2. The van der Waals surface area contributed by atoms with Crippen molar-refractivity contribution in [3.05, 3.63) is 46.4 Å². The average molecular weight is 380 g/mol. The van der Waals surface area contributed by atoms with Gasteiger partial charge in [-0.25, -0.2) is 0 Å². The molecule has 0 saturated carbocycles. The summed E-state index contributed by atoms with van der Waals surface area (Å²) in [5.74, 6) is 2.32. The third-order valence-electron chi connectivity index (χ3n) is 3.11. The maximum Gasteiger partial charge on any atom is 0.231 e. The molecule has 22 heavy (non-hydrogen) atoms. The zero-order chi connectivity index (χ0) is 15.5. The largest absolute Gasteiger partial charge is 0.454 e. The van der Waals surface area contributed by atoms with E-state index in [4.69, 9.17) is 9.47 Å². The van der Waals surface area contributed by atoms with Crippen LogP contribution in [-0.4, -0.2) is 12.7 Å². The highest BCUT2D eigenvalue weighted by Gasteiger charge is 2.16. The Morgan fingerprint density at radius 3 is 2.59 bits per heavy atom. The Hall–Kier alpha value is -1.66. The molecule has 0 spiro atoms. The van der Waals surface area contributed by atoms with Crippen molar-refractivity contribution in [3.8, 4) is 11.5 Å². The molecule has 0 aliphatic carbocycles. The minimum atomic E-state index is -0.0651. The molecule has 1 amide bonds. The van der Waals surface area contributed by atoms with E-state index < -0.39 is 0 Å². The summed E-state index contributed by atoms with van der Waals surface area (Å²) < 4.78 is 11.8. The number of rotatable bonds is 4. The van der Waals surface area contributed by atoms with Crippen LogP contribution in [0.3, 0.4) is 0 Å². The molecular formula is C16H14BrNO3S. The van der Waals surface area contributed by atoms with Gasteiger partial charge in [-0.05, 0) is 42.0 Å². The highest BCUT2D eigenvalue weighted by Crippen LogP contribution is 2.39. The molecule has 0 fully saturated rings. The second-order valence-corrected chi connectivity index (χ2v) is 6.69. The monoisotopic (exact) mass is 379 g/mol. The number of ether oxygens (including phenoxy) is 2. The number of nitrogens with one attached hydrogen (secondary N) is 1. The van der Waals surface area contributed by atoms with Crippen LogP contribution in [0.1, 0.15) is 12.5 Å². The molecule has 1 heterocycles. The molecule has 114 valence electrons. The summed E-state index contributed by atoms with van der Waals surface area (Å²) in [6, 6.07) is 11.7. The van der Waals surface area contributed by atoms with Gasteiger partial charge in [0.15, 0.2) is 11.5 Å². The minimum absolute atomic E-state index is 0.0651. The van der Waals surface area contributed by atoms with Gasteiger partial charge in [0.05, 0.1) is 0 Å². The predicted molar refractivity (Wildman–Crippen MR) is 90.6 cm³/mol. The standard InChI is InChI=1S/C16H14BrNO3S/c1-10(19)18-12-2-4-13(5-3-12)22-8-11-6-15-16(7-14(11)17)21-9-20-15/h2-7H,8-9H2,1H3,(H,18,19). The van der Waals surface area contributed by atoms with Gasteiger partial charge in [0.25, 0.3) is 0 Å². The lowest BCUT2D eigenvalue weighted by atomic mass is 10.2. The molecule has 0 atom stereocenters. The van der Waals surface area contributed by atoms with Crippen molar-refractivity contribution in [2.75, 3.05) is 12.1 Å². The van der Waals surface area contributed by atoms with E-state index in [-0.39, 0.29) is 12.7 Å². The molecule has 0 bridgehead atoms. The second-order valence-electron chi connectivity index (χ2n) is 4.79. The van der Waals surface area contributed by atoms with Crippen molar-refractivity contribution >= 4 is 39.3 Å². The Labute approximate surface area is 141 Å². The van der Waals surface area contributed by atoms with Gasteiger partial charge >= 0.3 is 0 Å². The molecule has 1 aliphatic heterocycles. The van der Waals surface area contributed by atoms with Crippen LogP contribution < -0.4 is 14.8 Å². The first-order valence-electron chi connectivity index (χ1n) is 6.70. The van der Waals surface area contributed by atoms with Gasteiger partial charge < -0.3 is 14.8 Å². The van der Waals surface area contributed by atoms with E-state index in [1.807, 2.05) is 36.4 Å². The van der Waals surface area contributed by atoms with Gasteiger partial charge in [0.1, 0.15) is 0 Å². The van der Waals surface area contributed by atoms with Crippen LogP contribution in [0.2, 0.25) is 0 Å². The lowest BCUT2D eigenvalue weighted by Crippen LogP contribution is -2.05. The van der Waals surface area contributed by atoms with Crippen LogP contribution in [0.5, 0.6) is 11.5 Å². The first-order chi connectivity index (χ1) is 10.6. The van der Waals surface area contributed by atoms with Crippen molar-refractivity contribution in [2.45, 2.75) is 17.6 Å². The summed E-state index contributed by atoms with van der Waals surface area (Å²) in [6.45, 7) is 1.78. The fourth-order valence-corrected chi connectivity index (χ4v) is 3.61. The Morgan fingerprint density at radius 1 is 1.23 bits per heavy atom. The smallest absolute Gasteiger partial charge is 0.231 e. The third kappa shape index (κ3) is 3.56. The third-order valence-corrected chi connectivity index (χ3v) is 4.91. The Bertz CT molecular complexity index is 703. The van der Waals surface area contributed by atoms with E-state index in [2.05, 4.69) is 21.2 Å². The number of thioether (sulfide) groups is 1. The molecule has 1 aliphatic rings. The van der Waals surface area contributed by atoms with Gasteiger partial charge in [-0.15, -0.1) is 11.8 Å². The van der Waals surface area contributed by atoms with Gasteiger partial charge in [0, 0.05) is 27.7 Å². The van der Waals surface area contributed by atoms with E-state index in [0.29, 0.717) is 0 Å². The molecule has 2 aromatic carbocycles. The first-order valence-corrected chi connectivity index (χ1v) is 8.48. The lowest BCUT2D eigenvalue weighted by molar-refractivity contribution is -0.114. The van der Waals surface area contributed by atoms with Crippen LogP contribution in [0.25, 0.3) is 0 Å². The van der Waals surface area contributed by atoms with Crippen LogP contribution >= 0.6 is 27.7 Å². The minimum Gasteiger partial charge on any atom is -0.454 e. The van der Waals surface area contributed by atoms with Crippen molar-refractivity contribution in [1.29, 1.82) is 0 Å². The number of hydrogen-bond donors (Lipinski definition) is 1.